The van der Waals surface area contributed by atoms with Gasteiger partial charge >= 0.3 is 0 Å². The maximum atomic E-state index is 2.58. The molecule has 11 rings (SSSR count). The zero-order chi connectivity index (χ0) is 33.5. The van der Waals surface area contributed by atoms with Crippen molar-refractivity contribution in [2.45, 2.75) is 38.5 Å². The summed E-state index contributed by atoms with van der Waals surface area (Å²) in [6.07, 6.45) is 0. The SMILES string of the molecule is CC1(C)c2cc3c(cc2-n2c4cc(-c5ccccc5)ccc4c4cccc1c42)C(C)(C)c1cccc2c4ccc(-c5ccccc5)cc4n-3c12. The molecule has 2 heteroatoms. The summed E-state index contributed by atoms with van der Waals surface area (Å²) in [5.41, 5.74) is 17.8. The number of hydrogen-bond donors (Lipinski definition) is 0. The number of nitrogens with zero attached hydrogens (tertiary/aromatic N) is 2. The summed E-state index contributed by atoms with van der Waals surface area (Å²) in [5, 5.41) is 5.26. The Balaban J connectivity index is 1.26. The lowest BCUT2D eigenvalue weighted by Gasteiger charge is -2.40. The summed E-state index contributed by atoms with van der Waals surface area (Å²) in [7, 11) is 0. The zero-order valence-electron chi connectivity index (χ0n) is 28.8. The van der Waals surface area contributed by atoms with E-state index in [1.807, 2.05) is 0 Å². The van der Waals surface area contributed by atoms with Crippen LogP contribution in [0.4, 0.5) is 0 Å². The highest BCUT2D eigenvalue weighted by Crippen LogP contribution is 2.53. The Morgan fingerprint density at radius 1 is 0.340 bits per heavy atom. The largest absolute Gasteiger partial charge is 0.309 e. The fourth-order valence-electron chi connectivity index (χ4n) is 9.50. The van der Waals surface area contributed by atoms with Gasteiger partial charge in [-0.2, -0.15) is 0 Å². The molecule has 0 saturated heterocycles. The number of fused-ring (bicyclic) bond motifs is 10. The Morgan fingerprint density at radius 2 is 0.760 bits per heavy atom. The first kappa shape index (κ1) is 28.0. The van der Waals surface area contributed by atoms with E-state index in [0.29, 0.717) is 0 Å². The second kappa shape index (κ2) is 9.43. The molecule has 0 atom stereocenters. The Morgan fingerprint density at radius 3 is 1.18 bits per heavy atom. The van der Waals surface area contributed by atoms with Crippen molar-refractivity contribution in [2.75, 3.05) is 0 Å². The van der Waals surface area contributed by atoms with Crippen LogP contribution in [-0.4, -0.2) is 9.13 Å². The van der Waals surface area contributed by atoms with Crippen molar-refractivity contribution in [1.82, 2.24) is 9.13 Å². The fourth-order valence-corrected chi connectivity index (χ4v) is 9.50. The van der Waals surface area contributed by atoms with E-state index in [2.05, 4.69) is 182 Å². The topological polar surface area (TPSA) is 9.86 Å². The van der Waals surface area contributed by atoms with Gasteiger partial charge in [-0.05, 0) is 68.8 Å². The van der Waals surface area contributed by atoms with E-state index in [-0.39, 0.29) is 10.8 Å². The van der Waals surface area contributed by atoms with Crippen molar-refractivity contribution in [3.05, 3.63) is 168 Å². The summed E-state index contributed by atoms with van der Waals surface area (Å²) < 4.78 is 5.17. The molecule has 50 heavy (non-hydrogen) atoms. The van der Waals surface area contributed by atoms with E-state index in [1.54, 1.807) is 0 Å². The molecule has 0 saturated carbocycles. The summed E-state index contributed by atoms with van der Waals surface area (Å²) in [6, 6.07) is 54.6. The van der Waals surface area contributed by atoms with Gasteiger partial charge in [-0.1, -0.05) is 149 Å². The molecular formula is C48H36N2. The van der Waals surface area contributed by atoms with Gasteiger partial charge in [0.25, 0.3) is 0 Å². The molecule has 2 aliphatic rings. The number of para-hydroxylation sites is 2. The molecule has 0 bridgehead atoms. The molecule has 0 unspecified atom stereocenters. The third-order valence-electron chi connectivity index (χ3n) is 12.1. The highest BCUT2D eigenvalue weighted by atomic mass is 15.0. The van der Waals surface area contributed by atoms with Crippen LogP contribution >= 0.6 is 0 Å². The normalized spacial score (nSPS) is 15.1. The highest BCUT2D eigenvalue weighted by Gasteiger charge is 2.41. The first-order valence-electron chi connectivity index (χ1n) is 17.8. The first-order chi connectivity index (χ1) is 24.3. The minimum absolute atomic E-state index is 0.200. The predicted octanol–water partition coefficient (Wildman–Crippen LogP) is 12.5. The van der Waals surface area contributed by atoms with Crippen LogP contribution in [0.3, 0.4) is 0 Å². The van der Waals surface area contributed by atoms with Gasteiger partial charge in [0, 0.05) is 32.4 Å². The van der Waals surface area contributed by atoms with E-state index in [9.17, 15) is 0 Å². The number of hydrogen-bond acceptors (Lipinski definition) is 0. The molecule has 0 radical (unpaired) electrons. The van der Waals surface area contributed by atoms with E-state index in [0.717, 1.165) is 0 Å². The summed E-state index contributed by atoms with van der Waals surface area (Å²) in [6.45, 7) is 9.68. The molecular weight excluding hydrogens is 605 g/mol. The molecule has 0 amide bonds. The van der Waals surface area contributed by atoms with Gasteiger partial charge in [0.1, 0.15) is 0 Å². The molecule has 0 spiro atoms. The fraction of sp³-hybridized carbons (Fsp3) is 0.125. The van der Waals surface area contributed by atoms with Gasteiger partial charge in [-0.25, -0.2) is 0 Å². The Labute approximate surface area is 291 Å². The minimum Gasteiger partial charge on any atom is -0.309 e. The van der Waals surface area contributed by atoms with Crippen LogP contribution in [0.25, 0.3) is 77.2 Å². The van der Waals surface area contributed by atoms with Gasteiger partial charge < -0.3 is 9.13 Å². The average Bonchev–Trinajstić information content (AvgIpc) is 3.66. The number of benzene rings is 7. The number of aromatic nitrogens is 2. The van der Waals surface area contributed by atoms with Gasteiger partial charge in [-0.3, -0.25) is 0 Å². The smallest absolute Gasteiger partial charge is 0.0582 e. The van der Waals surface area contributed by atoms with Crippen LogP contribution in [0, 0.1) is 0 Å². The molecule has 7 aromatic carbocycles. The van der Waals surface area contributed by atoms with Crippen molar-refractivity contribution in [2.24, 2.45) is 0 Å². The summed E-state index contributed by atoms with van der Waals surface area (Å²) in [5.74, 6) is 0. The maximum Gasteiger partial charge on any atom is 0.0582 e. The van der Waals surface area contributed by atoms with Crippen LogP contribution in [0.5, 0.6) is 0 Å². The standard InChI is InChI=1S/C48H36N2/c1-47(2)37-19-11-17-35-33-23-21-31(29-13-7-5-8-14-29)25-41(33)49(45(35)37)43-28-40-44(27-39(43)47)50-42-26-32(30-15-9-6-10-16-30)22-24-34(42)36-18-12-20-38(46(36)50)48(40,3)4/h5-28H,1-4H3. The molecule has 0 N–H and O–H groups in total. The second-order valence-electron chi connectivity index (χ2n) is 15.4. The Kier molecular flexibility index (Phi) is 5.28. The first-order valence-corrected chi connectivity index (χ1v) is 17.8. The van der Waals surface area contributed by atoms with E-state index < -0.39 is 0 Å². The van der Waals surface area contributed by atoms with Gasteiger partial charge in [0.15, 0.2) is 0 Å². The van der Waals surface area contributed by atoms with E-state index in [1.165, 1.54) is 99.5 Å². The van der Waals surface area contributed by atoms with Gasteiger partial charge in [0.2, 0.25) is 0 Å². The van der Waals surface area contributed by atoms with Crippen LogP contribution in [0.15, 0.2) is 146 Å². The molecule has 0 aliphatic carbocycles. The third-order valence-corrected chi connectivity index (χ3v) is 12.1. The lowest BCUT2D eigenvalue weighted by molar-refractivity contribution is 0.610. The molecule has 2 nitrogen and oxygen atoms in total. The highest BCUT2D eigenvalue weighted by molar-refractivity contribution is 6.14. The summed E-state index contributed by atoms with van der Waals surface area (Å²) in [4.78, 5) is 0. The lowest BCUT2D eigenvalue weighted by atomic mass is 9.70. The van der Waals surface area contributed by atoms with Crippen molar-refractivity contribution in [3.63, 3.8) is 0 Å². The molecule has 0 fully saturated rings. The zero-order valence-corrected chi connectivity index (χ0v) is 28.8. The second-order valence-corrected chi connectivity index (χ2v) is 15.4. The van der Waals surface area contributed by atoms with Crippen LogP contribution in [0.1, 0.15) is 49.9 Å². The van der Waals surface area contributed by atoms with Crippen LogP contribution in [-0.2, 0) is 10.8 Å². The quantitative estimate of drug-likeness (QED) is 0.178. The third kappa shape index (κ3) is 3.43. The average molecular weight is 641 g/mol. The lowest BCUT2D eigenvalue weighted by Crippen LogP contribution is -2.31. The van der Waals surface area contributed by atoms with Gasteiger partial charge in [0.05, 0.1) is 33.4 Å². The van der Waals surface area contributed by atoms with E-state index >= 15 is 0 Å². The Bertz CT molecular complexity index is 2700. The Hall–Kier alpha value is -5.86. The number of rotatable bonds is 2. The van der Waals surface area contributed by atoms with Crippen LogP contribution in [0.2, 0.25) is 0 Å². The molecule has 238 valence electrons. The molecule has 2 aliphatic heterocycles. The predicted molar refractivity (Wildman–Crippen MR) is 210 cm³/mol. The summed E-state index contributed by atoms with van der Waals surface area (Å²) >= 11 is 0. The molecule has 4 heterocycles. The van der Waals surface area contributed by atoms with Crippen molar-refractivity contribution < 1.29 is 0 Å². The van der Waals surface area contributed by atoms with Crippen LogP contribution < -0.4 is 0 Å². The molecule has 9 aromatic rings. The van der Waals surface area contributed by atoms with E-state index in [4.69, 9.17) is 0 Å². The molecule has 2 aromatic heterocycles. The monoisotopic (exact) mass is 640 g/mol. The maximum absolute atomic E-state index is 2.58. The van der Waals surface area contributed by atoms with Crippen molar-refractivity contribution in [1.29, 1.82) is 0 Å². The van der Waals surface area contributed by atoms with Crippen molar-refractivity contribution in [3.8, 4) is 33.6 Å². The minimum atomic E-state index is -0.200. The van der Waals surface area contributed by atoms with Crippen molar-refractivity contribution >= 4 is 43.6 Å². The van der Waals surface area contributed by atoms with Gasteiger partial charge in [-0.15, -0.1) is 0 Å².